The number of piperidine rings is 2. The summed E-state index contributed by atoms with van der Waals surface area (Å²) in [4.78, 5) is 60.9. The molecule has 6 fully saturated rings. The molecule has 11 rings (SSSR count). The number of halogens is 2. The molecule has 17 nitrogen and oxygen atoms in total. The summed E-state index contributed by atoms with van der Waals surface area (Å²) in [6, 6.07) is 7.27. The van der Waals surface area contributed by atoms with Crippen molar-refractivity contribution in [3.05, 3.63) is 70.2 Å². The van der Waals surface area contributed by atoms with Gasteiger partial charge in [-0.2, -0.15) is 10.2 Å². The quantitative estimate of drug-likeness (QED) is 0.173. The molecule has 2 N–H and O–H groups in total. The number of anilines is 2. The first-order valence-corrected chi connectivity index (χ1v) is 22.9. The van der Waals surface area contributed by atoms with Crippen molar-refractivity contribution < 1.29 is 32.6 Å². The highest BCUT2D eigenvalue weighted by atomic mass is 19.3. The zero-order chi connectivity index (χ0) is 43.8. The van der Waals surface area contributed by atoms with Gasteiger partial charge in [-0.15, -0.1) is 0 Å². The van der Waals surface area contributed by atoms with Crippen molar-refractivity contribution >= 4 is 45.9 Å². The van der Waals surface area contributed by atoms with Gasteiger partial charge in [-0.3, -0.25) is 33.5 Å². The Morgan fingerprint density at radius 1 is 1.00 bits per heavy atom. The topological polar surface area (TPSA) is 175 Å². The molecule has 2 aliphatic carbocycles. The minimum absolute atomic E-state index is 0.000166. The van der Waals surface area contributed by atoms with Crippen molar-refractivity contribution in [1.82, 2.24) is 43.7 Å². The second-order valence-corrected chi connectivity index (χ2v) is 18.8. The molecular formula is C45H53F2N11O6. The lowest BCUT2D eigenvalue weighted by molar-refractivity contribution is -0.135. The van der Waals surface area contributed by atoms with Gasteiger partial charge in [-0.1, -0.05) is 12.1 Å². The molecule has 0 spiro atoms. The van der Waals surface area contributed by atoms with Crippen molar-refractivity contribution in [2.24, 2.45) is 13.0 Å². The Bertz CT molecular complexity index is 2670. The van der Waals surface area contributed by atoms with E-state index in [9.17, 15) is 28.0 Å². The molecule has 5 aromatic rings. The number of likely N-dealkylation sites (tertiary alicyclic amines) is 1. The maximum absolute atomic E-state index is 14.3. The molecule has 4 aromatic heterocycles. The zero-order valence-corrected chi connectivity index (χ0v) is 35.8. The lowest BCUT2D eigenvalue weighted by Gasteiger charge is -2.41. The van der Waals surface area contributed by atoms with Crippen LogP contribution in [0.1, 0.15) is 117 Å². The number of carbonyl (C=O) groups is 3. The van der Waals surface area contributed by atoms with Crippen molar-refractivity contribution in [2.75, 3.05) is 43.0 Å². The summed E-state index contributed by atoms with van der Waals surface area (Å²) in [7, 11) is 1.75. The number of nitrogens with one attached hydrogen (secondary N) is 2. The molecule has 1 unspecified atom stereocenters. The number of aryl methyl sites for hydroxylation is 1. The molecular weight excluding hydrogens is 829 g/mol. The van der Waals surface area contributed by atoms with Crippen LogP contribution in [0, 0.1) is 5.92 Å². The van der Waals surface area contributed by atoms with Gasteiger partial charge in [-0.25, -0.2) is 23.1 Å². The van der Waals surface area contributed by atoms with Crippen LogP contribution < -0.4 is 21.2 Å². The maximum atomic E-state index is 14.3. The monoisotopic (exact) mass is 881 g/mol. The fourth-order valence-electron chi connectivity index (χ4n) is 11.3. The lowest BCUT2D eigenvalue weighted by Crippen LogP contribution is -2.44. The minimum Gasteiger partial charge on any atom is -0.375 e. The summed E-state index contributed by atoms with van der Waals surface area (Å²) in [5.74, 6) is 0.186. The zero-order valence-electron chi connectivity index (χ0n) is 35.8. The van der Waals surface area contributed by atoms with Gasteiger partial charge in [-0.05, 0) is 93.7 Å². The summed E-state index contributed by atoms with van der Waals surface area (Å²) in [5, 5.41) is 13.7. The number of imidazole rings is 1. The van der Waals surface area contributed by atoms with E-state index in [0.717, 1.165) is 106 Å². The first kappa shape index (κ1) is 41.2. The van der Waals surface area contributed by atoms with Gasteiger partial charge in [0, 0.05) is 52.0 Å². The van der Waals surface area contributed by atoms with Gasteiger partial charge in [0.05, 0.1) is 59.9 Å². The molecule has 4 saturated heterocycles. The van der Waals surface area contributed by atoms with Gasteiger partial charge in [0.25, 0.3) is 12.3 Å². The third kappa shape index (κ3) is 7.47. The molecule has 0 radical (unpaired) electrons. The Morgan fingerprint density at radius 3 is 2.55 bits per heavy atom. The number of imide groups is 1. The second-order valence-electron chi connectivity index (χ2n) is 18.8. The van der Waals surface area contributed by atoms with E-state index in [1.807, 2.05) is 18.2 Å². The summed E-state index contributed by atoms with van der Waals surface area (Å²) >= 11 is 0. The fourth-order valence-corrected chi connectivity index (χ4v) is 11.3. The molecule has 19 heteroatoms. The first-order chi connectivity index (χ1) is 31.0. The van der Waals surface area contributed by atoms with E-state index >= 15 is 0 Å². The van der Waals surface area contributed by atoms with Gasteiger partial charge < -0.3 is 24.6 Å². The van der Waals surface area contributed by atoms with Crippen molar-refractivity contribution in [3.63, 3.8) is 0 Å². The van der Waals surface area contributed by atoms with E-state index in [1.165, 1.54) is 10.7 Å². The van der Waals surface area contributed by atoms with Gasteiger partial charge in [0.15, 0.2) is 11.3 Å². The number of ether oxygens (including phenoxy) is 2. The smallest absolute Gasteiger partial charge is 0.329 e. The number of hydrogen-bond acceptors (Lipinski definition) is 11. The molecule has 8 heterocycles. The number of fused-ring (bicyclic) bond motifs is 4. The number of carbonyl (C=O) groups excluding carboxylic acids is 3. The molecule has 6 aliphatic rings. The minimum atomic E-state index is -2.86. The van der Waals surface area contributed by atoms with E-state index < -0.39 is 30.0 Å². The van der Waals surface area contributed by atoms with E-state index in [0.29, 0.717) is 24.6 Å². The molecule has 4 aliphatic heterocycles. The summed E-state index contributed by atoms with van der Waals surface area (Å²) < 4.78 is 47.3. The van der Waals surface area contributed by atoms with E-state index in [4.69, 9.17) is 14.5 Å². The Kier molecular flexibility index (Phi) is 10.6. The Morgan fingerprint density at radius 2 is 1.81 bits per heavy atom. The SMILES string of the molecule is Cn1c(=O)n(C2CCC(=O)NC2=O)c2cccc([C@H]3C[C@@H](OC4CCN(C[C@H]5CC[C@H](n6cc(NC(=O)c7cnn8ccc(N9C[C@H]%10C[C@@H]9CO%10)nc78)c(C(F)F)n6)CC5)CC4)C3)c21. The van der Waals surface area contributed by atoms with Crippen LogP contribution in [-0.2, 0) is 26.1 Å². The second kappa shape index (κ2) is 16.5. The van der Waals surface area contributed by atoms with Gasteiger partial charge in [0.1, 0.15) is 17.4 Å². The number of aromatic nitrogens is 7. The van der Waals surface area contributed by atoms with Crippen molar-refractivity contribution in [1.29, 1.82) is 0 Å². The number of alkyl halides is 2. The molecule has 2 bridgehead atoms. The molecule has 338 valence electrons. The standard InChI is InChI=1S/C45H53F2N11O6/c1-53-40-32(3-2-4-35(40)58(45(53)62)36-9-10-38(59)51-44(36)61)26-17-30(18-26)64-29-11-14-54(15-12-29)21-25-5-7-27(8-6-25)57-23-34(39(52-57)41(46)47)49-43(60)33-20-48-56-16-13-37(50-42(33)56)55-22-31-19-28(55)24-63-31/h2-4,13,16,20,23,25-31,36,41H,5-12,14-15,17-19,21-22,24H2,1H3,(H,49,60)(H,51,59,61)/t25-,26-,27-,28-,30+,31-,36?/m1/s1. The highest BCUT2D eigenvalue weighted by Crippen LogP contribution is 2.43. The highest BCUT2D eigenvalue weighted by Gasteiger charge is 2.41. The predicted octanol–water partition coefficient (Wildman–Crippen LogP) is 4.88. The average molecular weight is 882 g/mol. The molecule has 64 heavy (non-hydrogen) atoms. The van der Waals surface area contributed by atoms with Gasteiger partial charge >= 0.3 is 5.69 Å². The van der Waals surface area contributed by atoms with E-state index in [1.54, 1.807) is 33.3 Å². The maximum Gasteiger partial charge on any atom is 0.329 e. The summed E-state index contributed by atoms with van der Waals surface area (Å²) in [6.45, 7) is 4.31. The molecule has 2 saturated carbocycles. The van der Waals surface area contributed by atoms with E-state index in [2.05, 4.69) is 36.7 Å². The Balaban J connectivity index is 0.652. The number of para-hydroxylation sites is 1. The van der Waals surface area contributed by atoms with Crippen LogP contribution in [0.25, 0.3) is 16.7 Å². The third-order valence-electron chi connectivity index (χ3n) is 14.8. The normalized spacial score (nSPS) is 27.8. The van der Waals surface area contributed by atoms with Crippen LogP contribution in [0.15, 0.2) is 47.7 Å². The molecule has 3 atom stereocenters. The van der Waals surface area contributed by atoms with Crippen LogP contribution in [0.4, 0.5) is 20.3 Å². The summed E-state index contributed by atoms with van der Waals surface area (Å²) in [5.41, 5.74) is 2.51. The highest BCUT2D eigenvalue weighted by molar-refractivity contribution is 6.08. The Hall–Kier alpha value is -5.53. The number of benzene rings is 1. The van der Waals surface area contributed by atoms with Crippen LogP contribution in [0.2, 0.25) is 0 Å². The summed E-state index contributed by atoms with van der Waals surface area (Å²) in [6.07, 6.45) is 11.1. The van der Waals surface area contributed by atoms with Crippen LogP contribution in [0.5, 0.6) is 0 Å². The average Bonchev–Trinajstić information content (AvgIpc) is 4.13. The van der Waals surface area contributed by atoms with Gasteiger partial charge in [0.2, 0.25) is 11.8 Å². The van der Waals surface area contributed by atoms with Crippen LogP contribution >= 0.6 is 0 Å². The van der Waals surface area contributed by atoms with Crippen molar-refractivity contribution in [3.8, 4) is 0 Å². The fraction of sp³-hybridized carbons (Fsp3) is 0.578. The number of nitrogens with zero attached hydrogens (tertiary/aromatic N) is 9. The molecule has 1 aromatic carbocycles. The number of hydrogen-bond donors (Lipinski definition) is 2. The molecule has 3 amide bonds. The number of morpholine rings is 1. The number of rotatable bonds is 11. The number of amides is 3. The Labute approximate surface area is 367 Å². The van der Waals surface area contributed by atoms with Crippen molar-refractivity contribution in [2.45, 2.75) is 119 Å². The van der Waals surface area contributed by atoms with Crippen LogP contribution in [0.3, 0.4) is 0 Å². The van der Waals surface area contributed by atoms with Crippen LogP contribution in [-0.4, -0.2) is 113 Å². The van der Waals surface area contributed by atoms with E-state index in [-0.39, 0.29) is 65.6 Å². The largest absolute Gasteiger partial charge is 0.375 e. The third-order valence-corrected chi connectivity index (χ3v) is 14.8. The lowest BCUT2D eigenvalue weighted by atomic mass is 9.76. The predicted molar refractivity (Wildman–Crippen MR) is 230 cm³/mol. The first-order valence-electron chi connectivity index (χ1n) is 22.9.